The summed E-state index contributed by atoms with van der Waals surface area (Å²) in [5, 5.41) is 7.64. The molecule has 0 spiro atoms. The quantitative estimate of drug-likeness (QED) is 0.790. The molecule has 2 N–H and O–H groups in total. The van der Waals surface area contributed by atoms with Crippen LogP contribution in [-0.2, 0) is 6.54 Å². The number of benzene rings is 1. The van der Waals surface area contributed by atoms with Crippen LogP contribution in [0.2, 0.25) is 0 Å². The van der Waals surface area contributed by atoms with E-state index in [9.17, 15) is 4.79 Å². The molecule has 0 unspecified atom stereocenters. The Kier molecular flexibility index (Phi) is 4.12. The average molecular weight is 260 g/mol. The molecule has 6 nitrogen and oxygen atoms in total. The van der Waals surface area contributed by atoms with Gasteiger partial charge in [-0.15, -0.1) is 5.10 Å². The average Bonchev–Trinajstić information content (AvgIpc) is 2.77. The molecule has 0 fully saturated rings. The molecule has 0 aliphatic carbocycles. The molecule has 1 amide bonds. The van der Waals surface area contributed by atoms with Gasteiger partial charge in [0.2, 0.25) is 0 Å². The molecule has 1 aromatic carbocycles. The van der Waals surface area contributed by atoms with E-state index < -0.39 is 5.91 Å². The van der Waals surface area contributed by atoms with Crippen molar-refractivity contribution in [1.29, 1.82) is 0 Å². The second-order valence-corrected chi connectivity index (χ2v) is 4.13. The van der Waals surface area contributed by atoms with Gasteiger partial charge in [0, 0.05) is 13.0 Å². The van der Waals surface area contributed by atoms with Gasteiger partial charge in [-0.1, -0.05) is 23.4 Å². The number of para-hydroxylation sites is 1. The molecular formula is C13H16N4O2. The second-order valence-electron chi connectivity index (χ2n) is 4.13. The highest BCUT2D eigenvalue weighted by atomic mass is 16.5. The molecule has 0 saturated carbocycles. The summed E-state index contributed by atoms with van der Waals surface area (Å²) in [7, 11) is 0. The molecule has 1 heterocycles. The lowest BCUT2D eigenvalue weighted by Crippen LogP contribution is -2.14. The Hall–Kier alpha value is -2.37. The first-order chi connectivity index (χ1) is 9.18. The van der Waals surface area contributed by atoms with E-state index in [1.165, 1.54) is 0 Å². The molecule has 0 saturated heterocycles. The number of ether oxygens (including phenoxy) is 1. The van der Waals surface area contributed by atoms with E-state index in [0.29, 0.717) is 18.8 Å². The number of primary amides is 1. The number of aromatic nitrogens is 3. The van der Waals surface area contributed by atoms with Gasteiger partial charge in [0.15, 0.2) is 5.69 Å². The van der Waals surface area contributed by atoms with E-state index in [2.05, 4.69) is 10.3 Å². The first-order valence-electron chi connectivity index (χ1n) is 6.06. The molecule has 6 heteroatoms. The smallest absolute Gasteiger partial charge is 0.271 e. The Bertz CT molecular complexity index is 551. The summed E-state index contributed by atoms with van der Waals surface area (Å²) in [6, 6.07) is 9.61. The number of nitrogens with two attached hydrogens (primary N) is 1. The summed E-state index contributed by atoms with van der Waals surface area (Å²) in [6.07, 6.45) is 0.775. The molecule has 1 aromatic heterocycles. The normalized spacial score (nSPS) is 10.4. The minimum absolute atomic E-state index is 0.226. The first kappa shape index (κ1) is 13.1. The highest BCUT2D eigenvalue weighted by molar-refractivity contribution is 5.91. The molecule has 2 rings (SSSR count). The maximum atomic E-state index is 11.0. The van der Waals surface area contributed by atoms with Crippen LogP contribution in [-0.4, -0.2) is 27.5 Å². The van der Waals surface area contributed by atoms with E-state index in [0.717, 1.165) is 12.2 Å². The van der Waals surface area contributed by atoms with Crippen LogP contribution in [0, 0.1) is 6.92 Å². The number of amides is 1. The number of rotatable bonds is 6. The molecule has 0 aliphatic heterocycles. The Morgan fingerprint density at radius 3 is 2.74 bits per heavy atom. The second kappa shape index (κ2) is 5.99. The fourth-order valence-corrected chi connectivity index (χ4v) is 1.72. The molecule has 0 aliphatic rings. The predicted octanol–water partition coefficient (Wildman–Crippen LogP) is 1.15. The Labute approximate surface area is 111 Å². The van der Waals surface area contributed by atoms with Crippen molar-refractivity contribution in [3.8, 4) is 5.75 Å². The van der Waals surface area contributed by atoms with Crippen molar-refractivity contribution >= 4 is 5.91 Å². The van der Waals surface area contributed by atoms with Crippen molar-refractivity contribution in [2.75, 3.05) is 6.61 Å². The van der Waals surface area contributed by atoms with Gasteiger partial charge >= 0.3 is 0 Å². The van der Waals surface area contributed by atoms with Crippen molar-refractivity contribution in [2.45, 2.75) is 19.9 Å². The summed E-state index contributed by atoms with van der Waals surface area (Å²) in [5.41, 5.74) is 6.09. The molecule has 0 atom stereocenters. The SMILES string of the molecule is Cc1c(C(N)=O)nnn1CCCOc1ccccc1. The minimum atomic E-state index is -0.552. The third kappa shape index (κ3) is 3.31. The van der Waals surface area contributed by atoms with Crippen LogP contribution in [0.15, 0.2) is 30.3 Å². The summed E-state index contributed by atoms with van der Waals surface area (Å²) >= 11 is 0. The standard InChI is InChI=1S/C13H16N4O2/c1-10-12(13(14)18)15-16-17(10)8-5-9-19-11-6-3-2-4-7-11/h2-4,6-7H,5,8-9H2,1H3,(H2,14,18). The molecule has 0 bridgehead atoms. The highest BCUT2D eigenvalue weighted by Gasteiger charge is 2.12. The van der Waals surface area contributed by atoms with Crippen molar-refractivity contribution in [2.24, 2.45) is 5.73 Å². The van der Waals surface area contributed by atoms with Crippen LogP contribution in [0.3, 0.4) is 0 Å². The third-order valence-electron chi connectivity index (χ3n) is 2.74. The fraction of sp³-hybridized carbons (Fsp3) is 0.308. The van der Waals surface area contributed by atoms with Crippen LogP contribution < -0.4 is 10.5 Å². The molecule has 100 valence electrons. The lowest BCUT2D eigenvalue weighted by Gasteiger charge is -2.06. The monoisotopic (exact) mass is 260 g/mol. The van der Waals surface area contributed by atoms with Gasteiger partial charge in [0.25, 0.3) is 5.91 Å². The lowest BCUT2D eigenvalue weighted by molar-refractivity contribution is 0.0995. The summed E-state index contributed by atoms with van der Waals surface area (Å²) in [6.45, 7) is 2.99. The fourth-order valence-electron chi connectivity index (χ4n) is 1.72. The Balaban J connectivity index is 1.82. The number of aryl methyl sites for hydroxylation is 1. The van der Waals surface area contributed by atoms with Gasteiger partial charge in [-0.3, -0.25) is 4.79 Å². The maximum Gasteiger partial charge on any atom is 0.271 e. The van der Waals surface area contributed by atoms with E-state index >= 15 is 0 Å². The number of carbonyl (C=O) groups is 1. The summed E-state index contributed by atoms with van der Waals surface area (Å²) in [5.74, 6) is 0.292. The number of hydrogen-bond acceptors (Lipinski definition) is 4. The van der Waals surface area contributed by atoms with E-state index in [4.69, 9.17) is 10.5 Å². The number of carbonyl (C=O) groups excluding carboxylic acids is 1. The summed E-state index contributed by atoms with van der Waals surface area (Å²) in [4.78, 5) is 11.0. The highest BCUT2D eigenvalue weighted by Crippen LogP contribution is 2.09. The first-order valence-corrected chi connectivity index (χ1v) is 6.06. The van der Waals surface area contributed by atoms with E-state index in [-0.39, 0.29) is 5.69 Å². The van der Waals surface area contributed by atoms with Crippen LogP contribution in [0.4, 0.5) is 0 Å². The predicted molar refractivity (Wildman–Crippen MR) is 69.8 cm³/mol. The maximum absolute atomic E-state index is 11.0. The van der Waals surface area contributed by atoms with E-state index in [1.54, 1.807) is 11.6 Å². The van der Waals surface area contributed by atoms with Gasteiger partial charge in [-0.05, 0) is 19.1 Å². The van der Waals surface area contributed by atoms with Crippen LogP contribution >= 0.6 is 0 Å². The largest absolute Gasteiger partial charge is 0.494 e. The van der Waals surface area contributed by atoms with Crippen LogP contribution in [0.25, 0.3) is 0 Å². The number of hydrogen-bond donors (Lipinski definition) is 1. The lowest BCUT2D eigenvalue weighted by atomic mass is 10.3. The molecule has 19 heavy (non-hydrogen) atoms. The van der Waals surface area contributed by atoms with E-state index in [1.807, 2.05) is 30.3 Å². The van der Waals surface area contributed by atoms with Gasteiger partial charge < -0.3 is 10.5 Å². The van der Waals surface area contributed by atoms with Crippen molar-refractivity contribution in [3.05, 3.63) is 41.7 Å². The van der Waals surface area contributed by atoms with Crippen LogP contribution in [0.1, 0.15) is 22.6 Å². The third-order valence-corrected chi connectivity index (χ3v) is 2.74. The zero-order valence-electron chi connectivity index (χ0n) is 10.7. The number of nitrogens with zero attached hydrogens (tertiary/aromatic N) is 3. The van der Waals surface area contributed by atoms with Gasteiger partial charge in [-0.25, -0.2) is 4.68 Å². The molecule has 2 aromatic rings. The van der Waals surface area contributed by atoms with Gasteiger partial charge in [-0.2, -0.15) is 0 Å². The van der Waals surface area contributed by atoms with Gasteiger partial charge in [0.1, 0.15) is 5.75 Å². The van der Waals surface area contributed by atoms with Crippen molar-refractivity contribution in [3.63, 3.8) is 0 Å². The van der Waals surface area contributed by atoms with Crippen LogP contribution in [0.5, 0.6) is 5.75 Å². The zero-order valence-corrected chi connectivity index (χ0v) is 10.7. The van der Waals surface area contributed by atoms with Crippen molar-refractivity contribution in [1.82, 2.24) is 15.0 Å². The van der Waals surface area contributed by atoms with Crippen molar-refractivity contribution < 1.29 is 9.53 Å². The molecule has 0 radical (unpaired) electrons. The Morgan fingerprint density at radius 1 is 1.37 bits per heavy atom. The zero-order chi connectivity index (χ0) is 13.7. The minimum Gasteiger partial charge on any atom is -0.494 e. The topological polar surface area (TPSA) is 83.0 Å². The summed E-state index contributed by atoms with van der Waals surface area (Å²) < 4.78 is 7.23. The Morgan fingerprint density at radius 2 is 2.11 bits per heavy atom. The van der Waals surface area contributed by atoms with Gasteiger partial charge in [0.05, 0.1) is 12.3 Å². The molecular weight excluding hydrogens is 244 g/mol.